The van der Waals surface area contributed by atoms with Crippen LogP contribution >= 0.6 is 11.8 Å². The third-order valence-corrected chi connectivity index (χ3v) is 9.99. The molecule has 5 atom stereocenters. The van der Waals surface area contributed by atoms with Gasteiger partial charge in [0.15, 0.2) is 6.10 Å². The van der Waals surface area contributed by atoms with Gasteiger partial charge in [0.2, 0.25) is 23.6 Å². The lowest BCUT2D eigenvalue weighted by Crippen LogP contribution is -2.62. The number of rotatable bonds is 14. The normalized spacial score (nSPS) is 18.2. The lowest BCUT2D eigenvalue weighted by molar-refractivity contribution is -0.148. The van der Waals surface area contributed by atoms with Gasteiger partial charge in [0, 0.05) is 24.3 Å². The Bertz CT molecular complexity index is 1510. The van der Waals surface area contributed by atoms with E-state index in [1.54, 1.807) is 51.1 Å². The van der Waals surface area contributed by atoms with Crippen LogP contribution in [0.2, 0.25) is 0 Å². The van der Waals surface area contributed by atoms with E-state index in [1.165, 1.54) is 16.7 Å². The average Bonchev–Trinajstić information content (AvgIpc) is 3.38. The van der Waals surface area contributed by atoms with Gasteiger partial charge < -0.3 is 37.0 Å². The van der Waals surface area contributed by atoms with Crippen molar-refractivity contribution in [1.29, 1.82) is 0 Å². The molecular formula is C38H56N6O6S. The summed E-state index contributed by atoms with van der Waals surface area (Å²) in [5, 5.41) is 23.1. The molecule has 2 aromatic carbocycles. The standard InChI is InChI=1S/C38H56N6O6S/c1-36(2,3)22-40-34(49)31-38(7,8)51-23-44(31)35(50)29(46)26(21-24-15-11-9-12-16-24)41-33(48)30(37(4,5)6)43-32(47)28(42-27(45)19-20-39)25-17-13-10-14-18-25/h9-18,26,28-31,46H,19-23,39H2,1-8H3,(H,40,49)(H,41,48)(H,42,45)(H,43,47)/t26-,28-,29-,30+,31+/m0/s1. The molecule has 7 N–H and O–H groups in total. The molecule has 0 aromatic heterocycles. The first-order chi connectivity index (χ1) is 23.7. The number of nitrogens with one attached hydrogen (secondary N) is 4. The molecule has 1 saturated heterocycles. The van der Waals surface area contributed by atoms with Gasteiger partial charge in [0.25, 0.3) is 5.91 Å². The minimum Gasteiger partial charge on any atom is -0.381 e. The van der Waals surface area contributed by atoms with Crippen LogP contribution in [0.5, 0.6) is 0 Å². The number of amides is 5. The zero-order chi connectivity index (χ0) is 38.1. The molecule has 0 saturated carbocycles. The first-order valence-corrected chi connectivity index (χ1v) is 18.3. The molecule has 3 rings (SSSR count). The highest BCUT2D eigenvalue weighted by Gasteiger charge is 2.50. The topological polar surface area (TPSA) is 183 Å². The predicted molar refractivity (Wildman–Crippen MR) is 200 cm³/mol. The second kappa shape index (κ2) is 17.5. The van der Waals surface area contributed by atoms with Crippen LogP contribution in [-0.2, 0) is 30.4 Å². The highest BCUT2D eigenvalue weighted by Crippen LogP contribution is 2.40. The van der Waals surface area contributed by atoms with Crippen LogP contribution in [0.4, 0.5) is 0 Å². The van der Waals surface area contributed by atoms with E-state index in [9.17, 15) is 29.1 Å². The Kier molecular flexibility index (Phi) is 14.3. The number of thioether (sulfide) groups is 1. The predicted octanol–water partition coefficient (Wildman–Crippen LogP) is 2.65. The molecule has 13 heteroatoms. The molecule has 2 aromatic rings. The summed E-state index contributed by atoms with van der Waals surface area (Å²) in [6, 6.07) is 13.6. The maximum Gasteiger partial charge on any atom is 0.254 e. The van der Waals surface area contributed by atoms with Gasteiger partial charge in [-0.2, -0.15) is 0 Å². The van der Waals surface area contributed by atoms with Crippen LogP contribution in [0.15, 0.2) is 60.7 Å². The van der Waals surface area contributed by atoms with Gasteiger partial charge in [-0.15, -0.1) is 11.8 Å². The second-order valence-electron chi connectivity index (χ2n) is 15.9. The lowest BCUT2D eigenvalue weighted by atomic mass is 9.85. The average molecular weight is 725 g/mol. The third-order valence-electron chi connectivity index (χ3n) is 8.62. The van der Waals surface area contributed by atoms with Crippen LogP contribution in [-0.4, -0.2) is 87.5 Å². The Morgan fingerprint density at radius 3 is 2.04 bits per heavy atom. The summed E-state index contributed by atoms with van der Waals surface area (Å²) in [4.78, 5) is 69.6. The number of nitrogens with zero attached hydrogens (tertiary/aromatic N) is 1. The molecule has 1 heterocycles. The SMILES string of the molecule is CC(C)(C)CNC(=O)[C@H]1N(C(=O)[C@@H](O)[C@H](Cc2ccccc2)NC(=O)[C@@H](NC(=O)[C@@H](NC(=O)CCN)c2ccccc2)C(C)(C)C)CSC1(C)C. The fourth-order valence-electron chi connectivity index (χ4n) is 5.79. The maximum atomic E-state index is 14.2. The molecule has 51 heavy (non-hydrogen) atoms. The van der Waals surface area contributed by atoms with Gasteiger partial charge in [-0.1, -0.05) is 102 Å². The summed E-state index contributed by atoms with van der Waals surface area (Å²) in [5.41, 5.74) is 5.83. The summed E-state index contributed by atoms with van der Waals surface area (Å²) in [7, 11) is 0. The molecule has 5 amide bonds. The van der Waals surface area contributed by atoms with Crippen molar-refractivity contribution in [3.05, 3.63) is 71.8 Å². The van der Waals surface area contributed by atoms with Gasteiger partial charge in [-0.25, -0.2) is 0 Å². The first kappa shape index (κ1) is 41.5. The fourth-order valence-corrected chi connectivity index (χ4v) is 6.93. The molecule has 1 aliphatic rings. The molecule has 0 spiro atoms. The number of hydrogen-bond acceptors (Lipinski definition) is 8. The smallest absolute Gasteiger partial charge is 0.254 e. The molecule has 12 nitrogen and oxygen atoms in total. The molecule has 1 fully saturated rings. The maximum absolute atomic E-state index is 14.2. The van der Waals surface area contributed by atoms with E-state index in [0.717, 1.165) is 5.56 Å². The monoisotopic (exact) mass is 724 g/mol. The Morgan fingerprint density at radius 1 is 0.902 bits per heavy atom. The Balaban J connectivity index is 1.91. The number of benzene rings is 2. The zero-order valence-electron chi connectivity index (χ0n) is 31.1. The molecule has 0 bridgehead atoms. The fraction of sp³-hybridized carbons (Fsp3) is 0.553. The summed E-state index contributed by atoms with van der Waals surface area (Å²) >= 11 is 1.44. The van der Waals surface area contributed by atoms with Crippen molar-refractivity contribution in [3.63, 3.8) is 0 Å². The van der Waals surface area contributed by atoms with Gasteiger partial charge in [-0.3, -0.25) is 24.0 Å². The lowest BCUT2D eigenvalue weighted by Gasteiger charge is -2.36. The van der Waals surface area contributed by atoms with Gasteiger partial charge in [0.1, 0.15) is 18.1 Å². The minimum absolute atomic E-state index is 0.0126. The van der Waals surface area contributed by atoms with Crippen LogP contribution < -0.4 is 27.0 Å². The van der Waals surface area contributed by atoms with Gasteiger partial charge >= 0.3 is 0 Å². The molecule has 0 aliphatic carbocycles. The summed E-state index contributed by atoms with van der Waals surface area (Å²) < 4.78 is -0.633. The first-order valence-electron chi connectivity index (χ1n) is 17.3. The minimum atomic E-state index is -1.72. The van der Waals surface area contributed by atoms with Crippen LogP contribution in [0.25, 0.3) is 0 Å². The Labute approximate surface area is 306 Å². The molecule has 0 unspecified atom stereocenters. The van der Waals surface area contributed by atoms with Crippen molar-refractivity contribution in [2.75, 3.05) is 19.0 Å². The van der Waals surface area contributed by atoms with E-state index in [1.807, 2.05) is 65.0 Å². The van der Waals surface area contributed by atoms with E-state index < -0.39 is 64.1 Å². The van der Waals surface area contributed by atoms with E-state index in [0.29, 0.717) is 12.1 Å². The van der Waals surface area contributed by atoms with Crippen molar-refractivity contribution in [3.8, 4) is 0 Å². The quantitative estimate of drug-likeness (QED) is 0.172. The van der Waals surface area contributed by atoms with Crippen molar-refractivity contribution >= 4 is 41.3 Å². The van der Waals surface area contributed by atoms with Crippen LogP contribution in [0.1, 0.15) is 79.0 Å². The van der Waals surface area contributed by atoms with Crippen molar-refractivity contribution in [2.45, 2.75) is 103 Å². The highest BCUT2D eigenvalue weighted by atomic mass is 32.2. The van der Waals surface area contributed by atoms with Crippen molar-refractivity contribution < 1.29 is 29.1 Å². The summed E-state index contributed by atoms with van der Waals surface area (Å²) in [6.07, 6.45) is -1.61. The van der Waals surface area contributed by atoms with E-state index >= 15 is 0 Å². The van der Waals surface area contributed by atoms with Crippen LogP contribution in [0.3, 0.4) is 0 Å². The number of hydrogen-bond donors (Lipinski definition) is 6. The van der Waals surface area contributed by atoms with E-state index in [4.69, 9.17) is 5.73 Å². The second-order valence-corrected chi connectivity index (χ2v) is 17.5. The highest BCUT2D eigenvalue weighted by molar-refractivity contribution is 8.00. The van der Waals surface area contributed by atoms with E-state index in [-0.39, 0.29) is 36.6 Å². The largest absolute Gasteiger partial charge is 0.381 e. The van der Waals surface area contributed by atoms with Crippen molar-refractivity contribution in [1.82, 2.24) is 26.2 Å². The molecule has 280 valence electrons. The van der Waals surface area contributed by atoms with Crippen molar-refractivity contribution in [2.24, 2.45) is 16.6 Å². The number of aliphatic hydroxyl groups excluding tert-OH is 1. The summed E-state index contributed by atoms with van der Waals surface area (Å²) in [6.45, 7) is 15.6. The number of aliphatic hydroxyl groups is 1. The number of nitrogens with two attached hydrogens (primary N) is 1. The molecular weight excluding hydrogens is 669 g/mol. The third kappa shape index (κ3) is 11.8. The Hall–Kier alpha value is -3.94. The molecule has 1 aliphatic heterocycles. The van der Waals surface area contributed by atoms with E-state index in [2.05, 4.69) is 21.3 Å². The summed E-state index contributed by atoms with van der Waals surface area (Å²) in [5.74, 6) is -2.48. The zero-order valence-corrected chi connectivity index (χ0v) is 31.9. The van der Waals surface area contributed by atoms with Gasteiger partial charge in [0.05, 0.1) is 11.9 Å². The van der Waals surface area contributed by atoms with Gasteiger partial charge in [-0.05, 0) is 42.2 Å². The van der Waals surface area contributed by atoms with Crippen LogP contribution in [0, 0.1) is 10.8 Å². The number of carbonyl (C=O) groups is 5. The number of carbonyl (C=O) groups excluding carboxylic acids is 5. The molecule has 0 radical (unpaired) electrons. The Morgan fingerprint density at radius 2 is 1.49 bits per heavy atom.